The van der Waals surface area contributed by atoms with E-state index >= 15 is 0 Å². The highest BCUT2D eigenvalue weighted by Crippen LogP contribution is 2.21. The summed E-state index contributed by atoms with van der Waals surface area (Å²) in [4.78, 5) is 8.32. The molecule has 90 valence electrons. The summed E-state index contributed by atoms with van der Waals surface area (Å²) in [6, 6.07) is 4.18. The molecule has 0 aliphatic carbocycles. The first-order valence-electron chi connectivity index (χ1n) is 5.58. The molecule has 1 aliphatic heterocycles. The molecule has 5 nitrogen and oxygen atoms in total. The van der Waals surface area contributed by atoms with Gasteiger partial charge in [0.2, 0.25) is 5.65 Å². The minimum absolute atomic E-state index is 0.257. The molecular formula is C11H12ClN3O2. The predicted octanol–water partition coefficient (Wildman–Crippen LogP) is 2.47. The lowest BCUT2D eigenvalue weighted by Gasteiger charge is -2.21. The Hall–Kier alpha value is -1.33. The zero-order chi connectivity index (χ0) is 11.7. The van der Waals surface area contributed by atoms with Crippen LogP contribution in [0.2, 0.25) is 5.15 Å². The molecule has 0 aromatic carbocycles. The van der Waals surface area contributed by atoms with Gasteiger partial charge < -0.3 is 14.5 Å². The van der Waals surface area contributed by atoms with Crippen LogP contribution in [-0.4, -0.2) is 29.2 Å². The highest BCUT2D eigenvalue weighted by Gasteiger charge is 2.16. The highest BCUT2D eigenvalue weighted by atomic mass is 35.5. The Morgan fingerprint density at radius 1 is 1.35 bits per heavy atom. The fourth-order valence-electron chi connectivity index (χ4n) is 1.89. The maximum absolute atomic E-state index is 5.79. The fourth-order valence-corrected chi connectivity index (χ4v) is 2.03. The Morgan fingerprint density at radius 3 is 3.12 bits per heavy atom. The van der Waals surface area contributed by atoms with Crippen LogP contribution >= 0.6 is 11.6 Å². The smallest absolute Gasteiger partial charge is 0.297 e. The summed E-state index contributed by atoms with van der Waals surface area (Å²) in [7, 11) is 0. The van der Waals surface area contributed by atoms with Crippen molar-refractivity contribution >= 4 is 28.8 Å². The van der Waals surface area contributed by atoms with Gasteiger partial charge in [0.05, 0.1) is 12.6 Å². The molecule has 0 spiro atoms. The zero-order valence-electron chi connectivity index (χ0n) is 9.15. The molecule has 1 fully saturated rings. The summed E-state index contributed by atoms with van der Waals surface area (Å²) in [5.74, 6) is 0. The van der Waals surface area contributed by atoms with E-state index in [1.807, 2.05) is 0 Å². The van der Waals surface area contributed by atoms with Gasteiger partial charge in [0.25, 0.3) is 6.01 Å². The molecule has 0 unspecified atom stereocenters. The number of hydrogen-bond acceptors (Lipinski definition) is 5. The van der Waals surface area contributed by atoms with Gasteiger partial charge in [-0.1, -0.05) is 11.6 Å². The van der Waals surface area contributed by atoms with E-state index in [9.17, 15) is 0 Å². The minimum atomic E-state index is 0.257. The monoisotopic (exact) mass is 253 g/mol. The number of nitrogens with one attached hydrogen (secondary N) is 1. The van der Waals surface area contributed by atoms with Crippen LogP contribution in [0.5, 0.6) is 0 Å². The molecule has 1 N–H and O–H groups in total. The maximum atomic E-state index is 5.79. The molecule has 3 heterocycles. The van der Waals surface area contributed by atoms with Crippen LogP contribution in [-0.2, 0) is 4.74 Å². The van der Waals surface area contributed by atoms with E-state index < -0.39 is 0 Å². The number of rotatable bonds is 2. The van der Waals surface area contributed by atoms with Gasteiger partial charge in [0.15, 0.2) is 5.58 Å². The molecule has 1 saturated heterocycles. The number of oxazole rings is 1. The van der Waals surface area contributed by atoms with Gasteiger partial charge in [-0.05, 0) is 25.0 Å². The Kier molecular flexibility index (Phi) is 2.86. The first kappa shape index (κ1) is 10.8. The predicted molar refractivity (Wildman–Crippen MR) is 64.3 cm³/mol. The third-order valence-electron chi connectivity index (χ3n) is 2.71. The zero-order valence-corrected chi connectivity index (χ0v) is 9.91. The van der Waals surface area contributed by atoms with Crippen LogP contribution in [0.4, 0.5) is 6.01 Å². The molecule has 0 amide bonds. The first-order chi connectivity index (χ1) is 8.31. The van der Waals surface area contributed by atoms with E-state index in [0.717, 1.165) is 19.4 Å². The summed E-state index contributed by atoms with van der Waals surface area (Å²) >= 11 is 5.79. The second kappa shape index (κ2) is 4.50. The van der Waals surface area contributed by atoms with Gasteiger partial charge in [-0.25, -0.2) is 4.98 Å². The molecule has 3 rings (SSSR count). The summed E-state index contributed by atoms with van der Waals surface area (Å²) in [5, 5.41) is 3.62. The second-order valence-electron chi connectivity index (χ2n) is 4.03. The lowest BCUT2D eigenvalue weighted by molar-refractivity contribution is 0.0869. The Labute approximate surface area is 103 Å². The van der Waals surface area contributed by atoms with Crippen LogP contribution in [0, 0.1) is 0 Å². The average Bonchev–Trinajstić information content (AvgIpc) is 2.71. The van der Waals surface area contributed by atoms with Gasteiger partial charge >= 0.3 is 0 Å². The van der Waals surface area contributed by atoms with Gasteiger partial charge in [0, 0.05) is 6.61 Å². The molecule has 6 heteroatoms. The molecule has 0 saturated carbocycles. The van der Waals surface area contributed by atoms with Crippen molar-refractivity contribution in [3.05, 3.63) is 17.3 Å². The van der Waals surface area contributed by atoms with E-state index in [2.05, 4.69) is 15.3 Å². The first-order valence-corrected chi connectivity index (χ1v) is 5.96. The minimum Gasteiger partial charge on any atom is -0.422 e. The Bertz CT molecular complexity index is 522. The molecular weight excluding hydrogens is 242 g/mol. The maximum Gasteiger partial charge on any atom is 0.297 e. The van der Waals surface area contributed by atoms with E-state index in [1.54, 1.807) is 12.1 Å². The number of anilines is 1. The molecule has 0 radical (unpaired) electrons. The second-order valence-corrected chi connectivity index (χ2v) is 4.42. The van der Waals surface area contributed by atoms with Crippen LogP contribution in [0.3, 0.4) is 0 Å². The lowest BCUT2D eigenvalue weighted by atomic mass is 10.1. The molecule has 2 aromatic heterocycles. The normalized spacial score (nSPS) is 20.6. The van der Waals surface area contributed by atoms with Gasteiger partial charge in [-0.15, -0.1) is 0 Å². The Morgan fingerprint density at radius 2 is 2.29 bits per heavy atom. The SMILES string of the molecule is Clc1ccc2oc(N[C@@H]3CCCOC3)nc2n1. The molecule has 1 aliphatic rings. The van der Waals surface area contributed by atoms with Crippen molar-refractivity contribution in [2.45, 2.75) is 18.9 Å². The van der Waals surface area contributed by atoms with Crippen LogP contribution in [0.1, 0.15) is 12.8 Å². The lowest BCUT2D eigenvalue weighted by Crippen LogP contribution is -2.30. The van der Waals surface area contributed by atoms with E-state index in [1.165, 1.54) is 0 Å². The number of fused-ring (bicyclic) bond motifs is 1. The molecule has 0 bridgehead atoms. The average molecular weight is 254 g/mol. The third-order valence-corrected chi connectivity index (χ3v) is 2.92. The van der Waals surface area contributed by atoms with Crippen molar-refractivity contribution in [1.82, 2.24) is 9.97 Å². The van der Waals surface area contributed by atoms with Crippen molar-refractivity contribution in [2.75, 3.05) is 18.5 Å². The number of ether oxygens (including phenoxy) is 1. The standard InChI is InChI=1S/C11H12ClN3O2/c12-9-4-3-8-10(14-9)15-11(17-8)13-7-2-1-5-16-6-7/h3-4,7H,1-2,5-6H2,(H,13,14,15)/t7-/m1/s1. The number of pyridine rings is 1. The van der Waals surface area contributed by atoms with Crippen LogP contribution < -0.4 is 5.32 Å². The van der Waals surface area contributed by atoms with Crippen molar-refractivity contribution in [3.8, 4) is 0 Å². The van der Waals surface area contributed by atoms with Crippen molar-refractivity contribution in [1.29, 1.82) is 0 Å². The van der Waals surface area contributed by atoms with Gasteiger partial charge in [-0.2, -0.15) is 4.98 Å². The quantitative estimate of drug-likeness (QED) is 0.833. The van der Waals surface area contributed by atoms with Gasteiger partial charge in [-0.3, -0.25) is 0 Å². The number of aromatic nitrogens is 2. The van der Waals surface area contributed by atoms with Crippen LogP contribution in [0.25, 0.3) is 11.2 Å². The summed E-state index contributed by atoms with van der Waals surface area (Å²) in [6.45, 7) is 1.52. The molecule has 17 heavy (non-hydrogen) atoms. The topological polar surface area (TPSA) is 60.2 Å². The number of nitrogens with zero attached hydrogens (tertiary/aromatic N) is 2. The van der Waals surface area contributed by atoms with Crippen LogP contribution in [0.15, 0.2) is 16.5 Å². The van der Waals surface area contributed by atoms with E-state index in [-0.39, 0.29) is 6.04 Å². The summed E-state index contributed by atoms with van der Waals surface area (Å²) < 4.78 is 10.9. The molecule has 2 aromatic rings. The number of hydrogen-bond donors (Lipinski definition) is 1. The highest BCUT2D eigenvalue weighted by molar-refractivity contribution is 6.29. The van der Waals surface area contributed by atoms with Crippen molar-refractivity contribution in [2.24, 2.45) is 0 Å². The summed E-state index contributed by atoms with van der Waals surface area (Å²) in [5.41, 5.74) is 1.16. The third kappa shape index (κ3) is 2.35. The van der Waals surface area contributed by atoms with E-state index in [4.69, 9.17) is 20.8 Å². The fraction of sp³-hybridized carbons (Fsp3) is 0.455. The van der Waals surface area contributed by atoms with Crippen molar-refractivity contribution < 1.29 is 9.15 Å². The summed E-state index contributed by atoms with van der Waals surface area (Å²) in [6.07, 6.45) is 2.12. The largest absolute Gasteiger partial charge is 0.422 e. The molecule has 1 atom stereocenters. The van der Waals surface area contributed by atoms with Crippen molar-refractivity contribution in [3.63, 3.8) is 0 Å². The van der Waals surface area contributed by atoms with Gasteiger partial charge in [0.1, 0.15) is 5.15 Å². The van der Waals surface area contributed by atoms with E-state index in [0.29, 0.717) is 29.0 Å². The Balaban J connectivity index is 1.80. The number of halogens is 1.